The normalized spacial score (nSPS) is 34.0. The Morgan fingerprint density at radius 2 is 1.44 bits per heavy atom. The quantitative estimate of drug-likeness (QED) is 0.713. The molecule has 1 saturated carbocycles. The summed E-state index contributed by atoms with van der Waals surface area (Å²) in [4.78, 5) is 8.87. The second-order valence-electron chi connectivity index (χ2n) is 4.70. The Morgan fingerprint density at radius 3 is 1.88 bits per heavy atom. The molecule has 2 unspecified atom stereocenters. The van der Waals surface area contributed by atoms with Gasteiger partial charge in [0.1, 0.15) is 13.2 Å². The van der Waals surface area contributed by atoms with Crippen LogP contribution in [0.2, 0.25) is 0 Å². The average molecular weight is 222 g/mol. The molecular weight excluding hydrogens is 204 g/mol. The third-order valence-electron chi connectivity index (χ3n) is 3.59. The molecule has 2 atom stereocenters. The van der Waals surface area contributed by atoms with Crippen LogP contribution in [0.15, 0.2) is 9.98 Å². The van der Waals surface area contributed by atoms with Crippen molar-refractivity contribution in [1.82, 2.24) is 0 Å². The van der Waals surface area contributed by atoms with E-state index in [9.17, 15) is 0 Å². The molecule has 16 heavy (non-hydrogen) atoms. The van der Waals surface area contributed by atoms with Gasteiger partial charge in [-0.1, -0.05) is 6.42 Å². The molecular formula is C12H18N2O2. The first kappa shape index (κ1) is 10.1. The Hall–Kier alpha value is -1.06. The van der Waals surface area contributed by atoms with Crippen LogP contribution in [0.25, 0.3) is 0 Å². The minimum Gasteiger partial charge on any atom is -0.479 e. The van der Waals surface area contributed by atoms with Crippen LogP contribution in [0.3, 0.4) is 0 Å². The highest BCUT2D eigenvalue weighted by Crippen LogP contribution is 2.33. The maximum absolute atomic E-state index is 5.57. The lowest BCUT2D eigenvalue weighted by molar-refractivity contribution is 0.261. The summed E-state index contributed by atoms with van der Waals surface area (Å²) in [5.74, 6) is 2.99. The number of aliphatic imine (C=N–C) groups is 2. The fraction of sp³-hybridized carbons (Fsp3) is 0.833. The summed E-state index contributed by atoms with van der Waals surface area (Å²) in [7, 11) is 0. The lowest BCUT2D eigenvalue weighted by Crippen LogP contribution is -2.28. The van der Waals surface area contributed by atoms with E-state index in [1.165, 1.54) is 19.3 Å². The molecule has 1 aliphatic carbocycles. The number of hydrogen-bond donors (Lipinski definition) is 0. The van der Waals surface area contributed by atoms with Gasteiger partial charge >= 0.3 is 0 Å². The van der Waals surface area contributed by atoms with Gasteiger partial charge in [0.15, 0.2) is 11.8 Å². The molecule has 0 aromatic rings. The highest BCUT2D eigenvalue weighted by molar-refractivity contribution is 5.83. The van der Waals surface area contributed by atoms with Gasteiger partial charge in [0.25, 0.3) is 0 Å². The summed E-state index contributed by atoms with van der Waals surface area (Å²) in [5, 5.41) is 0. The van der Waals surface area contributed by atoms with Gasteiger partial charge in [0, 0.05) is 11.8 Å². The Balaban J connectivity index is 1.65. The molecule has 0 spiro atoms. The van der Waals surface area contributed by atoms with E-state index in [-0.39, 0.29) is 0 Å². The fourth-order valence-electron chi connectivity index (χ4n) is 2.84. The molecule has 1 fully saturated rings. The predicted octanol–water partition coefficient (Wildman–Crippen LogP) is 1.65. The Morgan fingerprint density at radius 1 is 0.875 bits per heavy atom. The molecule has 0 saturated heterocycles. The zero-order valence-corrected chi connectivity index (χ0v) is 9.52. The van der Waals surface area contributed by atoms with E-state index >= 15 is 0 Å². The smallest absolute Gasteiger partial charge is 0.186 e. The maximum atomic E-state index is 5.57. The number of hydrogen-bond acceptors (Lipinski definition) is 4. The van der Waals surface area contributed by atoms with Crippen LogP contribution >= 0.6 is 0 Å². The summed E-state index contributed by atoms with van der Waals surface area (Å²) in [5.41, 5.74) is 0. The van der Waals surface area contributed by atoms with Crippen LogP contribution in [0.1, 0.15) is 25.7 Å². The summed E-state index contributed by atoms with van der Waals surface area (Å²) >= 11 is 0. The van der Waals surface area contributed by atoms with E-state index in [0.29, 0.717) is 11.8 Å². The second kappa shape index (κ2) is 4.44. The minimum atomic E-state index is 0.508. The number of rotatable bonds is 2. The van der Waals surface area contributed by atoms with E-state index in [4.69, 9.17) is 9.47 Å². The minimum absolute atomic E-state index is 0.508. The van der Waals surface area contributed by atoms with Crippen molar-refractivity contribution >= 4 is 11.8 Å². The average Bonchev–Trinajstić information content (AvgIpc) is 3.03. The van der Waals surface area contributed by atoms with E-state index in [2.05, 4.69) is 9.98 Å². The van der Waals surface area contributed by atoms with Crippen LogP contribution in [0.4, 0.5) is 0 Å². The lowest BCUT2D eigenvalue weighted by atomic mass is 9.81. The maximum Gasteiger partial charge on any atom is 0.186 e. The zero-order chi connectivity index (χ0) is 10.8. The van der Waals surface area contributed by atoms with E-state index in [1.54, 1.807) is 0 Å². The van der Waals surface area contributed by atoms with Crippen LogP contribution in [0.5, 0.6) is 0 Å². The molecule has 2 aliphatic heterocycles. The molecule has 0 aromatic heterocycles. The van der Waals surface area contributed by atoms with Crippen molar-refractivity contribution in [1.29, 1.82) is 0 Å². The third kappa shape index (κ3) is 1.93. The van der Waals surface area contributed by atoms with Gasteiger partial charge in [-0.05, 0) is 19.3 Å². The molecule has 88 valence electrons. The largest absolute Gasteiger partial charge is 0.479 e. The van der Waals surface area contributed by atoms with E-state index in [0.717, 1.165) is 44.5 Å². The highest BCUT2D eigenvalue weighted by Gasteiger charge is 2.32. The monoisotopic (exact) mass is 222 g/mol. The standard InChI is InChI=1S/C12H18N2O2/c1-2-9(11-13-4-6-15-11)8-10(3-1)12-14-5-7-16-12/h9-10H,1-8H2. The molecule has 0 aromatic carbocycles. The Bertz CT molecular complexity index is 295. The highest BCUT2D eigenvalue weighted by atomic mass is 16.5. The number of nitrogens with zero attached hydrogens (tertiary/aromatic N) is 2. The molecule has 4 heteroatoms. The molecule has 3 rings (SSSR count). The van der Waals surface area contributed by atoms with Crippen molar-refractivity contribution in [2.75, 3.05) is 26.3 Å². The first-order chi connectivity index (χ1) is 7.93. The van der Waals surface area contributed by atoms with Gasteiger partial charge in [-0.15, -0.1) is 0 Å². The molecule has 2 heterocycles. The van der Waals surface area contributed by atoms with Crippen molar-refractivity contribution in [3.05, 3.63) is 0 Å². The van der Waals surface area contributed by atoms with Gasteiger partial charge in [-0.25, -0.2) is 0 Å². The topological polar surface area (TPSA) is 43.2 Å². The van der Waals surface area contributed by atoms with Crippen molar-refractivity contribution < 1.29 is 9.47 Å². The van der Waals surface area contributed by atoms with Crippen LogP contribution in [-0.4, -0.2) is 38.1 Å². The van der Waals surface area contributed by atoms with Crippen molar-refractivity contribution in [2.24, 2.45) is 21.8 Å². The second-order valence-corrected chi connectivity index (χ2v) is 4.70. The SMILES string of the molecule is C1CC(C2=NCCO2)CC(C2=NCCO2)C1. The molecule has 3 aliphatic rings. The van der Waals surface area contributed by atoms with Crippen LogP contribution in [-0.2, 0) is 9.47 Å². The first-order valence-corrected chi connectivity index (χ1v) is 6.28. The van der Waals surface area contributed by atoms with Crippen LogP contribution in [0, 0.1) is 11.8 Å². The number of ether oxygens (including phenoxy) is 2. The van der Waals surface area contributed by atoms with Gasteiger partial charge < -0.3 is 9.47 Å². The van der Waals surface area contributed by atoms with E-state index in [1.807, 2.05) is 0 Å². The molecule has 4 nitrogen and oxygen atoms in total. The summed E-state index contributed by atoms with van der Waals surface area (Å²) in [6.45, 7) is 3.23. The molecule has 0 N–H and O–H groups in total. The van der Waals surface area contributed by atoms with Crippen LogP contribution < -0.4 is 0 Å². The van der Waals surface area contributed by atoms with Gasteiger partial charge in [-0.2, -0.15) is 0 Å². The summed E-state index contributed by atoms with van der Waals surface area (Å²) in [6, 6.07) is 0. The summed E-state index contributed by atoms with van der Waals surface area (Å²) < 4.78 is 11.1. The Kier molecular flexibility index (Phi) is 2.80. The fourth-order valence-corrected chi connectivity index (χ4v) is 2.84. The predicted molar refractivity (Wildman–Crippen MR) is 62.0 cm³/mol. The zero-order valence-electron chi connectivity index (χ0n) is 9.52. The van der Waals surface area contributed by atoms with Crippen molar-refractivity contribution in [3.63, 3.8) is 0 Å². The Labute approximate surface area is 95.8 Å². The van der Waals surface area contributed by atoms with Gasteiger partial charge in [0.2, 0.25) is 0 Å². The first-order valence-electron chi connectivity index (χ1n) is 6.28. The molecule has 0 amide bonds. The van der Waals surface area contributed by atoms with Gasteiger partial charge in [0.05, 0.1) is 13.1 Å². The lowest BCUT2D eigenvalue weighted by Gasteiger charge is -2.27. The van der Waals surface area contributed by atoms with Gasteiger partial charge in [-0.3, -0.25) is 9.98 Å². The van der Waals surface area contributed by atoms with E-state index < -0.39 is 0 Å². The van der Waals surface area contributed by atoms with Crippen molar-refractivity contribution in [2.45, 2.75) is 25.7 Å². The summed E-state index contributed by atoms with van der Waals surface area (Å²) in [6.07, 6.45) is 4.77. The van der Waals surface area contributed by atoms with Crippen molar-refractivity contribution in [3.8, 4) is 0 Å². The third-order valence-corrected chi connectivity index (χ3v) is 3.59. The molecule has 0 radical (unpaired) electrons. The molecule has 0 bridgehead atoms.